The third-order valence-corrected chi connectivity index (χ3v) is 3.75. The largest absolute Gasteiger partial charge is 0.467 e. The molecule has 0 atom stereocenters. The number of halogens is 1. The van der Waals surface area contributed by atoms with E-state index in [2.05, 4.69) is 9.97 Å². The summed E-state index contributed by atoms with van der Waals surface area (Å²) in [5.74, 6) is 1.48. The maximum Gasteiger partial charge on any atom is 0.160 e. The highest BCUT2D eigenvalue weighted by molar-refractivity contribution is 5.71. The molecule has 4 nitrogen and oxygen atoms in total. The molecule has 0 spiro atoms. The zero-order chi connectivity index (χ0) is 15.6. The molecule has 0 fully saturated rings. The fraction of sp³-hybridized carbons (Fsp3) is 0.111. The van der Waals surface area contributed by atoms with E-state index >= 15 is 0 Å². The van der Waals surface area contributed by atoms with Gasteiger partial charge < -0.3 is 8.98 Å². The predicted octanol–water partition coefficient (Wildman–Crippen LogP) is 3.80. The monoisotopic (exact) mass is 307 g/mol. The molecule has 23 heavy (non-hydrogen) atoms. The minimum Gasteiger partial charge on any atom is -0.467 e. The molecule has 4 rings (SSSR count). The van der Waals surface area contributed by atoms with Gasteiger partial charge in [0.1, 0.15) is 22.9 Å². The second kappa shape index (κ2) is 5.68. The molecule has 3 heterocycles. The van der Waals surface area contributed by atoms with Crippen LogP contribution in [0.5, 0.6) is 0 Å². The van der Waals surface area contributed by atoms with Crippen molar-refractivity contribution in [2.75, 3.05) is 0 Å². The lowest BCUT2D eigenvalue weighted by atomic mass is 10.1. The summed E-state index contributed by atoms with van der Waals surface area (Å²) < 4.78 is 20.6. The van der Waals surface area contributed by atoms with Crippen molar-refractivity contribution in [2.24, 2.45) is 0 Å². The second-order valence-electron chi connectivity index (χ2n) is 5.34. The maximum absolute atomic E-state index is 13.1. The lowest BCUT2D eigenvalue weighted by molar-refractivity contribution is 0.492. The molecule has 0 aliphatic heterocycles. The van der Waals surface area contributed by atoms with Gasteiger partial charge in [-0.3, -0.25) is 0 Å². The fourth-order valence-electron chi connectivity index (χ4n) is 2.65. The Morgan fingerprint density at radius 3 is 2.70 bits per heavy atom. The van der Waals surface area contributed by atoms with E-state index in [-0.39, 0.29) is 5.82 Å². The quantitative estimate of drug-likeness (QED) is 0.576. The van der Waals surface area contributed by atoms with Crippen molar-refractivity contribution in [3.63, 3.8) is 0 Å². The van der Waals surface area contributed by atoms with Crippen LogP contribution in [0, 0.1) is 5.82 Å². The van der Waals surface area contributed by atoms with Crippen LogP contribution >= 0.6 is 0 Å². The zero-order valence-electron chi connectivity index (χ0n) is 12.3. The van der Waals surface area contributed by atoms with Crippen LogP contribution in [0.3, 0.4) is 0 Å². The molecule has 3 aromatic heterocycles. The zero-order valence-corrected chi connectivity index (χ0v) is 12.3. The van der Waals surface area contributed by atoms with Crippen LogP contribution < -0.4 is 0 Å². The van der Waals surface area contributed by atoms with E-state index in [4.69, 9.17) is 4.42 Å². The molecular weight excluding hydrogens is 293 g/mol. The summed E-state index contributed by atoms with van der Waals surface area (Å²) in [5, 5.41) is 0. The lowest BCUT2D eigenvalue weighted by Crippen LogP contribution is -2.06. The van der Waals surface area contributed by atoms with Gasteiger partial charge in [0.05, 0.1) is 12.8 Å². The smallest absolute Gasteiger partial charge is 0.160 e. The number of benzene rings is 1. The number of rotatable bonds is 4. The number of nitrogens with zero attached hydrogens (tertiary/aromatic N) is 3. The van der Waals surface area contributed by atoms with Gasteiger partial charge in [-0.25, -0.2) is 14.4 Å². The molecule has 0 saturated heterocycles. The van der Waals surface area contributed by atoms with Gasteiger partial charge in [-0.1, -0.05) is 12.1 Å². The Bertz CT molecular complexity index is 927. The molecule has 0 amide bonds. The maximum atomic E-state index is 13.1. The van der Waals surface area contributed by atoms with Crippen molar-refractivity contribution in [2.45, 2.75) is 13.0 Å². The molecule has 0 radical (unpaired) electrons. The molecule has 1 aromatic carbocycles. The van der Waals surface area contributed by atoms with Gasteiger partial charge >= 0.3 is 0 Å². The first-order valence-electron chi connectivity index (χ1n) is 7.36. The summed E-state index contributed by atoms with van der Waals surface area (Å²) in [6.07, 6.45) is 4.02. The van der Waals surface area contributed by atoms with E-state index < -0.39 is 0 Å². The molecule has 0 aliphatic rings. The molecule has 114 valence electrons. The number of fused-ring (bicyclic) bond motifs is 1. The number of pyridine rings is 1. The van der Waals surface area contributed by atoms with Crippen LogP contribution in [0.4, 0.5) is 4.39 Å². The third-order valence-electron chi connectivity index (χ3n) is 3.75. The van der Waals surface area contributed by atoms with E-state index in [0.717, 1.165) is 28.3 Å². The van der Waals surface area contributed by atoms with Crippen molar-refractivity contribution in [1.82, 2.24) is 14.5 Å². The summed E-state index contributed by atoms with van der Waals surface area (Å²) in [6.45, 7) is 0.567. The highest BCUT2D eigenvalue weighted by Crippen LogP contribution is 2.19. The fourth-order valence-corrected chi connectivity index (χ4v) is 2.65. The summed E-state index contributed by atoms with van der Waals surface area (Å²) in [7, 11) is 0. The van der Waals surface area contributed by atoms with E-state index in [1.54, 1.807) is 24.6 Å². The van der Waals surface area contributed by atoms with Crippen LogP contribution in [-0.4, -0.2) is 14.5 Å². The average molecular weight is 307 g/mol. The van der Waals surface area contributed by atoms with Gasteiger partial charge in [0, 0.05) is 12.6 Å². The van der Waals surface area contributed by atoms with E-state index in [0.29, 0.717) is 13.0 Å². The van der Waals surface area contributed by atoms with Crippen LogP contribution in [0.15, 0.2) is 65.4 Å². The normalized spacial score (nSPS) is 11.2. The highest BCUT2D eigenvalue weighted by atomic mass is 19.1. The SMILES string of the molecule is Fc1ccc(Cc2nc3cccnc3n2Cc2ccco2)cc1. The van der Waals surface area contributed by atoms with Crippen molar-refractivity contribution in [3.8, 4) is 0 Å². The molecule has 0 saturated carbocycles. The molecule has 0 bridgehead atoms. The molecular formula is C18H14FN3O. The van der Waals surface area contributed by atoms with Gasteiger partial charge in [0.2, 0.25) is 0 Å². The van der Waals surface area contributed by atoms with Gasteiger partial charge in [-0.05, 0) is 42.0 Å². The Morgan fingerprint density at radius 2 is 1.91 bits per heavy atom. The van der Waals surface area contributed by atoms with E-state index in [9.17, 15) is 4.39 Å². The van der Waals surface area contributed by atoms with E-state index in [1.807, 2.05) is 28.8 Å². The number of hydrogen-bond acceptors (Lipinski definition) is 3. The highest BCUT2D eigenvalue weighted by Gasteiger charge is 2.13. The third kappa shape index (κ3) is 2.73. The molecule has 5 heteroatoms. The van der Waals surface area contributed by atoms with Gasteiger partial charge in [0.25, 0.3) is 0 Å². The topological polar surface area (TPSA) is 43.9 Å². The minimum atomic E-state index is -0.237. The molecule has 0 N–H and O–H groups in total. The van der Waals surface area contributed by atoms with Crippen molar-refractivity contribution >= 4 is 11.2 Å². The summed E-state index contributed by atoms with van der Waals surface area (Å²) >= 11 is 0. The lowest BCUT2D eigenvalue weighted by Gasteiger charge is -2.07. The Morgan fingerprint density at radius 1 is 1.04 bits per heavy atom. The Kier molecular flexibility index (Phi) is 3.38. The number of aromatic nitrogens is 3. The van der Waals surface area contributed by atoms with Crippen molar-refractivity contribution in [3.05, 3.63) is 84.0 Å². The standard InChI is InChI=1S/C18H14FN3O/c19-14-7-5-13(6-8-14)11-17-21-16-4-1-9-20-18(16)22(17)12-15-3-2-10-23-15/h1-10H,11-12H2. The molecule has 4 aromatic rings. The average Bonchev–Trinajstić information content (AvgIpc) is 3.19. The Labute approximate surface area is 132 Å². The Balaban J connectivity index is 1.76. The van der Waals surface area contributed by atoms with Crippen LogP contribution in [-0.2, 0) is 13.0 Å². The predicted molar refractivity (Wildman–Crippen MR) is 84.5 cm³/mol. The van der Waals surface area contributed by atoms with Crippen molar-refractivity contribution in [1.29, 1.82) is 0 Å². The first-order chi connectivity index (χ1) is 11.3. The summed E-state index contributed by atoms with van der Waals surface area (Å²) in [4.78, 5) is 9.11. The number of furan rings is 1. The van der Waals surface area contributed by atoms with Crippen molar-refractivity contribution < 1.29 is 8.81 Å². The van der Waals surface area contributed by atoms with Gasteiger partial charge in [0.15, 0.2) is 5.65 Å². The number of imidazole rings is 1. The molecule has 0 unspecified atom stereocenters. The summed E-state index contributed by atoms with van der Waals surface area (Å²) in [5.41, 5.74) is 2.67. The van der Waals surface area contributed by atoms with Gasteiger partial charge in [-0.15, -0.1) is 0 Å². The Hall–Kier alpha value is -2.95. The van der Waals surface area contributed by atoms with Crippen LogP contribution in [0.25, 0.3) is 11.2 Å². The first-order valence-corrected chi connectivity index (χ1v) is 7.36. The summed E-state index contributed by atoms with van der Waals surface area (Å²) in [6, 6.07) is 14.1. The minimum absolute atomic E-state index is 0.237. The first kappa shape index (κ1) is 13.7. The van der Waals surface area contributed by atoms with Crippen LogP contribution in [0.1, 0.15) is 17.1 Å². The number of hydrogen-bond donors (Lipinski definition) is 0. The molecule has 0 aliphatic carbocycles. The van der Waals surface area contributed by atoms with Crippen LogP contribution in [0.2, 0.25) is 0 Å². The van der Waals surface area contributed by atoms with E-state index in [1.165, 1.54) is 12.1 Å². The van der Waals surface area contributed by atoms with Gasteiger partial charge in [-0.2, -0.15) is 0 Å². The second-order valence-corrected chi connectivity index (χ2v) is 5.34.